The normalized spacial score (nSPS) is 11.9. The summed E-state index contributed by atoms with van der Waals surface area (Å²) in [5.74, 6) is 2.33. The second-order valence-electron chi connectivity index (χ2n) is 4.94. The first kappa shape index (κ1) is 15.0. The van der Waals surface area contributed by atoms with E-state index < -0.39 is 0 Å². The molecule has 0 aromatic heterocycles. The molecule has 0 saturated carbocycles. The first-order valence-electron chi connectivity index (χ1n) is 7.10. The molecule has 0 saturated heterocycles. The van der Waals surface area contributed by atoms with Gasteiger partial charge in [0, 0.05) is 12.1 Å². The smallest absolute Gasteiger partial charge is 0.251 e. The van der Waals surface area contributed by atoms with Crippen LogP contribution in [-0.2, 0) is 6.54 Å². The standard InChI is InChI=1S/C17H17NO5/c1-20-13-6-4-12(8-15(13)21-2)17(19)18-9-11-3-5-14-16(7-11)23-10-22-14/h3-8H,9-10H2,1-2H3,(H,18,19). The zero-order valence-corrected chi connectivity index (χ0v) is 12.9. The van der Waals surface area contributed by atoms with Crippen molar-refractivity contribution < 1.29 is 23.7 Å². The van der Waals surface area contributed by atoms with E-state index in [1.807, 2.05) is 18.2 Å². The minimum absolute atomic E-state index is 0.191. The largest absolute Gasteiger partial charge is 0.493 e. The Hall–Kier alpha value is -2.89. The van der Waals surface area contributed by atoms with Gasteiger partial charge in [0.05, 0.1) is 14.2 Å². The fourth-order valence-corrected chi connectivity index (χ4v) is 2.31. The van der Waals surface area contributed by atoms with E-state index in [0.717, 1.165) is 11.3 Å². The lowest BCUT2D eigenvalue weighted by molar-refractivity contribution is 0.0950. The number of amides is 1. The second-order valence-corrected chi connectivity index (χ2v) is 4.94. The first-order valence-corrected chi connectivity index (χ1v) is 7.10. The third-order valence-corrected chi connectivity index (χ3v) is 3.54. The molecule has 2 aromatic rings. The molecule has 0 atom stereocenters. The number of rotatable bonds is 5. The van der Waals surface area contributed by atoms with Crippen molar-refractivity contribution in [3.63, 3.8) is 0 Å². The maximum Gasteiger partial charge on any atom is 0.251 e. The topological polar surface area (TPSA) is 66.0 Å². The fraction of sp³-hybridized carbons (Fsp3) is 0.235. The van der Waals surface area contributed by atoms with Crippen molar-refractivity contribution in [2.45, 2.75) is 6.54 Å². The molecule has 120 valence electrons. The minimum Gasteiger partial charge on any atom is -0.493 e. The summed E-state index contributed by atoms with van der Waals surface area (Å²) in [6, 6.07) is 10.6. The molecular formula is C17H17NO5. The van der Waals surface area contributed by atoms with Crippen molar-refractivity contribution in [1.82, 2.24) is 5.32 Å². The van der Waals surface area contributed by atoms with Crippen LogP contribution in [0.4, 0.5) is 0 Å². The lowest BCUT2D eigenvalue weighted by Gasteiger charge is -2.10. The third kappa shape index (κ3) is 3.15. The van der Waals surface area contributed by atoms with Crippen LogP contribution in [0.2, 0.25) is 0 Å². The van der Waals surface area contributed by atoms with Crippen LogP contribution in [0.3, 0.4) is 0 Å². The number of nitrogens with one attached hydrogen (secondary N) is 1. The Labute approximate surface area is 133 Å². The average Bonchev–Trinajstić information content (AvgIpc) is 3.06. The van der Waals surface area contributed by atoms with Crippen molar-refractivity contribution >= 4 is 5.91 Å². The maximum atomic E-state index is 12.3. The lowest BCUT2D eigenvalue weighted by Crippen LogP contribution is -2.22. The van der Waals surface area contributed by atoms with Gasteiger partial charge in [-0.15, -0.1) is 0 Å². The number of methoxy groups -OCH3 is 2. The average molecular weight is 315 g/mol. The molecule has 6 heteroatoms. The van der Waals surface area contributed by atoms with Gasteiger partial charge in [0.25, 0.3) is 5.91 Å². The van der Waals surface area contributed by atoms with Crippen LogP contribution in [0.1, 0.15) is 15.9 Å². The van der Waals surface area contributed by atoms with E-state index in [9.17, 15) is 4.79 Å². The van der Waals surface area contributed by atoms with Gasteiger partial charge in [0.15, 0.2) is 23.0 Å². The molecule has 1 N–H and O–H groups in total. The number of carbonyl (C=O) groups is 1. The molecule has 1 amide bonds. The Bertz CT molecular complexity index is 729. The molecular weight excluding hydrogens is 298 g/mol. The quantitative estimate of drug-likeness (QED) is 0.917. The summed E-state index contributed by atoms with van der Waals surface area (Å²) in [5, 5.41) is 2.86. The van der Waals surface area contributed by atoms with Gasteiger partial charge in [-0.3, -0.25) is 4.79 Å². The third-order valence-electron chi connectivity index (χ3n) is 3.54. The van der Waals surface area contributed by atoms with E-state index in [1.165, 1.54) is 7.11 Å². The number of carbonyl (C=O) groups excluding carboxylic acids is 1. The molecule has 1 aliphatic heterocycles. The Kier molecular flexibility index (Phi) is 4.23. The molecule has 1 aliphatic rings. The van der Waals surface area contributed by atoms with Gasteiger partial charge in [-0.1, -0.05) is 6.07 Å². The van der Waals surface area contributed by atoms with E-state index in [-0.39, 0.29) is 12.7 Å². The summed E-state index contributed by atoms with van der Waals surface area (Å²) in [6.07, 6.45) is 0. The van der Waals surface area contributed by atoms with Crippen molar-refractivity contribution in [3.8, 4) is 23.0 Å². The van der Waals surface area contributed by atoms with E-state index in [4.69, 9.17) is 18.9 Å². The maximum absolute atomic E-state index is 12.3. The highest BCUT2D eigenvalue weighted by atomic mass is 16.7. The molecule has 23 heavy (non-hydrogen) atoms. The molecule has 0 spiro atoms. The van der Waals surface area contributed by atoms with E-state index in [1.54, 1.807) is 25.3 Å². The molecule has 2 aromatic carbocycles. The van der Waals surface area contributed by atoms with E-state index >= 15 is 0 Å². The van der Waals surface area contributed by atoms with Gasteiger partial charge in [-0.25, -0.2) is 0 Å². The highest BCUT2D eigenvalue weighted by molar-refractivity contribution is 5.94. The zero-order valence-electron chi connectivity index (χ0n) is 12.9. The van der Waals surface area contributed by atoms with Crippen molar-refractivity contribution in [2.75, 3.05) is 21.0 Å². The van der Waals surface area contributed by atoms with E-state index in [0.29, 0.717) is 29.4 Å². The number of hydrogen-bond donors (Lipinski definition) is 1. The van der Waals surface area contributed by atoms with Gasteiger partial charge < -0.3 is 24.3 Å². The van der Waals surface area contributed by atoms with Crippen LogP contribution < -0.4 is 24.3 Å². The van der Waals surface area contributed by atoms with Crippen LogP contribution in [0.25, 0.3) is 0 Å². The number of hydrogen-bond acceptors (Lipinski definition) is 5. The van der Waals surface area contributed by atoms with Crippen LogP contribution in [0.15, 0.2) is 36.4 Å². The summed E-state index contributed by atoms with van der Waals surface area (Å²) in [5.41, 5.74) is 1.44. The van der Waals surface area contributed by atoms with Gasteiger partial charge in [0.1, 0.15) is 0 Å². The predicted octanol–water partition coefficient (Wildman–Crippen LogP) is 2.36. The van der Waals surface area contributed by atoms with Crippen molar-refractivity contribution in [2.24, 2.45) is 0 Å². The second kappa shape index (κ2) is 6.48. The highest BCUT2D eigenvalue weighted by Gasteiger charge is 2.14. The number of fused-ring (bicyclic) bond motifs is 1. The molecule has 3 rings (SSSR count). The highest BCUT2D eigenvalue weighted by Crippen LogP contribution is 2.32. The summed E-state index contributed by atoms with van der Waals surface area (Å²) in [6.45, 7) is 0.626. The van der Waals surface area contributed by atoms with Crippen LogP contribution >= 0.6 is 0 Å². The van der Waals surface area contributed by atoms with Gasteiger partial charge in [-0.2, -0.15) is 0 Å². The summed E-state index contributed by atoms with van der Waals surface area (Å²) >= 11 is 0. The molecule has 0 fully saturated rings. The summed E-state index contributed by atoms with van der Waals surface area (Å²) in [4.78, 5) is 12.3. The Morgan fingerprint density at radius 2 is 1.83 bits per heavy atom. The van der Waals surface area contributed by atoms with Crippen LogP contribution in [0.5, 0.6) is 23.0 Å². The lowest BCUT2D eigenvalue weighted by atomic mass is 10.1. The molecule has 0 aliphatic carbocycles. The zero-order chi connectivity index (χ0) is 16.2. The summed E-state index contributed by atoms with van der Waals surface area (Å²) in [7, 11) is 3.09. The first-order chi connectivity index (χ1) is 11.2. The molecule has 0 radical (unpaired) electrons. The minimum atomic E-state index is -0.191. The molecule has 0 bridgehead atoms. The van der Waals surface area contributed by atoms with Gasteiger partial charge in [-0.05, 0) is 35.9 Å². The van der Waals surface area contributed by atoms with Gasteiger partial charge >= 0.3 is 0 Å². The molecule has 1 heterocycles. The monoisotopic (exact) mass is 315 g/mol. The molecule has 6 nitrogen and oxygen atoms in total. The van der Waals surface area contributed by atoms with E-state index in [2.05, 4.69) is 5.32 Å². The fourth-order valence-electron chi connectivity index (χ4n) is 2.31. The van der Waals surface area contributed by atoms with Crippen LogP contribution in [-0.4, -0.2) is 26.9 Å². The van der Waals surface area contributed by atoms with Crippen molar-refractivity contribution in [3.05, 3.63) is 47.5 Å². The predicted molar refractivity (Wildman–Crippen MR) is 83.3 cm³/mol. The molecule has 0 unspecified atom stereocenters. The SMILES string of the molecule is COc1ccc(C(=O)NCc2ccc3c(c2)OCO3)cc1OC. The Balaban J connectivity index is 1.67. The van der Waals surface area contributed by atoms with Crippen LogP contribution in [0, 0.1) is 0 Å². The van der Waals surface area contributed by atoms with Crippen molar-refractivity contribution in [1.29, 1.82) is 0 Å². The Morgan fingerprint density at radius 3 is 2.61 bits per heavy atom. The number of ether oxygens (including phenoxy) is 4. The summed E-state index contributed by atoms with van der Waals surface area (Å²) < 4.78 is 20.9. The number of benzene rings is 2. The van der Waals surface area contributed by atoms with Gasteiger partial charge in [0.2, 0.25) is 6.79 Å². The Morgan fingerprint density at radius 1 is 1.04 bits per heavy atom.